The van der Waals surface area contributed by atoms with Crippen LogP contribution in [0.4, 0.5) is 0 Å². The Kier molecular flexibility index (Phi) is 3.42. The molecule has 0 spiro atoms. The van der Waals surface area contributed by atoms with Crippen LogP contribution in [0.25, 0.3) is 32.8 Å². The highest BCUT2D eigenvalue weighted by atomic mass is 14.7. The lowest BCUT2D eigenvalue weighted by molar-refractivity contribution is 0.633. The van der Waals surface area contributed by atoms with Gasteiger partial charge in [0.1, 0.15) is 0 Å². The van der Waals surface area contributed by atoms with Gasteiger partial charge in [-0.15, -0.1) is 0 Å². The Bertz CT molecular complexity index is 1200. The van der Waals surface area contributed by atoms with Crippen molar-refractivity contribution in [1.29, 1.82) is 0 Å². The fourth-order valence-electron chi connectivity index (χ4n) is 4.84. The minimum absolute atomic E-state index is 0.0858. The Morgan fingerprint density at radius 3 is 2.63 bits per heavy atom. The molecule has 0 fully saturated rings. The van der Waals surface area contributed by atoms with E-state index in [4.69, 9.17) is 4.98 Å². The van der Waals surface area contributed by atoms with Crippen LogP contribution in [-0.2, 0) is 11.8 Å². The first-order valence-electron chi connectivity index (χ1n) is 9.76. The fourth-order valence-corrected chi connectivity index (χ4v) is 4.84. The third kappa shape index (κ3) is 2.32. The molecule has 1 aliphatic carbocycles. The molecule has 2 aromatic carbocycles. The van der Waals surface area contributed by atoms with Crippen LogP contribution in [-0.4, -0.2) is 9.97 Å². The van der Waals surface area contributed by atoms with Crippen molar-refractivity contribution in [1.82, 2.24) is 9.97 Å². The number of aromatic nitrogens is 2. The van der Waals surface area contributed by atoms with Crippen LogP contribution in [0, 0.1) is 5.92 Å². The molecule has 0 atom stereocenters. The van der Waals surface area contributed by atoms with Gasteiger partial charge in [0, 0.05) is 40.3 Å². The Morgan fingerprint density at radius 1 is 0.963 bits per heavy atom. The van der Waals surface area contributed by atoms with Gasteiger partial charge in [-0.05, 0) is 51.9 Å². The number of pyridine rings is 2. The molecule has 0 saturated carbocycles. The number of nitrogens with zero attached hydrogens (tertiary/aromatic N) is 2. The normalized spacial score (nSPS) is 14.7. The first-order chi connectivity index (χ1) is 13.0. The third-order valence-corrected chi connectivity index (χ3v) is 5.94. The molecule has 2 heteroatoms. The van der Waals surface area contributed by atoms with Crippen LogP contribution in [0.3, 0.4) is 0 Å². The molecule has 2 heterocycles. The van der Waals surface area contributed by atoms with Crippen molar-refractivity contribution in [3.05, 3.63) is 71.7 Å². The van der Waals surface area contributed by atoms with Gasteiger partial charge in [0.15, 0.2) is 0 Å². The van der Waals surface area contributed by atoms with Gasteiger partial charge in [-0.3, -0.25) is 9.97 Å². The van der Waals surface area contributed by atoms with Crippen molar-refractivity contribution in [2.75, 3.05) is 0 Å². The molecule has 0 saturated heterocycles. The van der Waals surface area contributed by atoms with Crippen molar-refractivity contribution in [2.45, 2.75) is 39.5 Å². The Labute approximate surface area is 160 Å². The third-order valence-electron chi connectivity index (χ3n) is 5.94. The highest BCUT2D eigenvalue weighted by Crippen LogP contribution is 2.50. The Hall–Kier alpha value is -2.74. The van der Waals surface area contributed by atoms with Gasteiger partial charge < -0.3 is 0 Å². The molecule has 27 heavy (non-hydrogen) atoms. The first kappa shape index (κ1) is 16.4. The first-order valence-corrected chi connectivity index (χ1v) is 9.76. The van der Waals surface area contributed by atoms with Gasteiger partial charge in [0.25, 0.3) is 0 Å². The lowest BCUT2D eigenvalue weighted by Gasteiger charge is -2.36. The fraction of sp³-hybridized carbons (Fsp3) is 0.280. The van der Waals surface area contributed by atoms with Gasteiger partial charge in [0.05, 0.1) is 5.69 Å². The zero-order valence-electron chi connectivity index (χ0n) is 16.4. The van der Waals surface area contributed by atoms with E-state index in [0.29, 0.717) is 5.92 Å². The van der Waals surface area contributed by atoms with Gasteiger partial charge in [-0.2, -0.15) is 0 Å². The van der Waals surface area contributed by atoms with Crippen molar-refractivity contribution in [2.24, 2.45) is 5.92 Å². The number of rotatable bonds is 2. The number of benzene rings is 2. The van der Waals surface area contributed by atoms with Crippen LogP contribution in [0.2, 0.25) is 0 Å². The molecule has 0 aliphatic heterocycles. The summed E-state index contributed by atoms with van der Waals surface area (Å²) in [6, 6.07) is 13.5. The maximum atomic E-state index is 4.83. The minimum atomic E-state index is -0.0858. The molecule has 0 amide bonds. The molecule has 5 rings (SSSR count). The lowest BCUT2D eigenvalue weighted by atomic mass is 9.68. The quantitative estimate of drug-likeness (QED) is 0.424. The van der Waals surface area contributed by atoms with Crippen LogP contribution >= 0.6 is 0 Å². The van der Waals surface area contributed by atoms with E-state index in [9.17, 15) is 0 Å². The summed E-state index contributed by atoms with van der Waals surface area (Å²) in [5.41, 5.74) is 6.48. The second-order valence-corrected chi connectivity index (χ2v) is 8.71. The largest absolute Gasteiger partial charge is 0.264 e. The average molecular weight is 352 g/mol. The van der Waals surface area contributed by atoms with Crippen molar-refractivity contribution < 1.29 is 0 Å². The van der Waals surface area contributed by atoms with Crippen LogP contribution < -0.4 is 0 Å². The summed E-state index contributed by atoms with van der Waals surface area (Å²) in [5, 5.41) is 5.10. The maximum absolute atomic E-state index is 4.83. The zero-order valence-corrected chi connectivity index (χ0v) is 16.4. The lowest BCUT2D eigenvalue weighted by Crippen LogP contribution is -2.25. The number of hydrogen-bond donors (Lipinski definition) is 0. The highest BCUT2D eigenvalue weighted by molar-refractivity contribution is 6.05. The van der Waals surface area contributed by atoms with Crippen LogP contribution in [0.15, 0.2) is 55.0 Å². The van der Waals surface area contributed by atoms with Crippen LogP contribution in [0.1, 0.15) is 44.4 Å². The molecule has 2 aromatic heterocycles. The molecule has 4 aromatic rings. The van der Waals surface area contributed by atoms with E-state index in [0.717, 1.165) is 12.1 Å². The summed E-state index contributed by atoms with van der Waals surface area (Å²) in [6.45, 7) is 9.29. The average Bonchev–Trinajstić information content (AvgIpc) is 2.64. The molecular weight excluding hydrogens is 328 g/mol. The number of hydrogen-bond acceptors (Lipinski definition) is 2. The van der Waals surface area contributed by atoms with Crippen molar-refractivity contribution in [3.63, 3.8) is 0 Å². The molecular formula is C25H24N2. The maximum Gasteiger partial charge on any atom is 0.0786 e. The predicted octanol–water partition coefficient (Wildman–Crippen LogP) is 6.29. The van der Waals surface area contributed by atoms with Crippen molar-refractivity contribution >= 4 is 21.5 Å². The summed E-state index contributed by atoms with van der Waals surface area (Å²) in [7, 11) is 0. The Morgan fingerprint density at radius 2 is 1.81 bits per heavy atom. The van der Waals surface area contributed by atoms with E-state index < -0.39 is 0 Å². The molecule has 2 nitrogen and oxygen atoms in total. The standard InChI is InChI=1S/C25H24N2/c1-15(2)11-16-12-17-7-10-27-24-20-6-5-18-14-26-9-8-19(18)23(20)25(3,4)21(13-16)22(17)24/h5-10,12-15H,11H2,1-4H3. The van der Waals surface area contributed by atoms with E-state index >= 15 is 0 Å². The van der Waals surface area contributed by atoms with Gasteiger partial charge in [-0.1, -0.05) is 52.0 Å². The summed E-state index contributed by atoms with van der Waals surface area (Å²) >= 11 is 0. The predicted molar refractivity (Wildman–Crippen MR) is 113 cm³/mol. The molecule has 1 aliphatic rings. The second kappa shape index (κ2) is 5.63. The molecule has 0 unspecified atom stereocenters. The van der Waals surface area contributed by atoms with Gasteiger partial charge in [0.2, 0.25) is 0 Å². The van der Waals surface area contributed by atoms with Crippen LogP contribution in [0.5, 0.6) is 0 Å². The molecule has 0 N–H and O–H groups in total. The van der Waals surface area contributed by atoms with Crippen molar-refractivity contribution in [3.8, 4) is 11.3 Å². The van der Waals surface area contributed by atoms with Gasteiger partial charge in [-0.25, -0.2) is 0 Å². The second-order valence-electron chi connectivity index (χ2n) is 8.71. The monoisotopic (exact) mass is 352 g/mol. The van der Waals surface area contributed by atoms with E-state index in [-0.39, 0.29) is 5.41 Å². The Balaban J connectivity index is 1.93. The van der Waals surface area contributed by atoms with E-state index in [1.165, 1.54) is 43.8 Å². The van der Waals surface area contributed by atoms with E-state index in [1.54, 1.807) is 0 Å². The summed E-state index contributed by atoms with van der Waals surface area (Å²) in [5.74, 6) is 0.641. The summed E-state index contributed by atoms with van der Waals surface area (Å²) < 4.78 is 0. The number of fused-ring (bicyclic) bond motifs is 4. The summed E-state index contributed by atoms with van der Waals surface area (Å²) in [4.78, 5) is 9.15. The molecule has 134 valence electrons. The van der Waals surface area contributed by atoms with E-state index in [2.05, 4.69) is 69.1 Å². The topological polar surface area (TPSA) is 25.8 Å². The van der Waals surface area contributed by atoms with E-state index in [1.807, 2.05) is 18.6 Å². The molecule has 0 bridgehead atoms. The molecule has 0 radical (unpaired) electrons. The SMILES string of the molecule is CC(C)Cc1cc2c3c(nccc3c1)-c1ccc3cnccc3c1C2(C)C. The van der Waals surface area contributed by atoms with Gasteiger partial charge >= 0.3 is 0 Å². The summed E-state index contributed by atoms with van der Waals surface area (Å²) in [6.07, 6.45) is 6.92. The minimum Gasteiger partial charge on any atom is -0.264 e. The smallest absolute Gasteiger partial charge is 0.0786 e. The zero-order chi connectivity index (χ0) is 18.8. The highest BCUT2D eigenvalue weighted by Gasteiger charge is 2.35.